The fraction of sp³-hybridized carbons (Fsp3) is 0.500. The maximum atomic E-state index is 11.9. The summed E-state index contributed by atoms with van der Waals surface area (Å²) >= 11 is 0. The molecule has 2 atom stereocenters. The van der Waals surface area contributed by atoms with Crippen molar-refractivity contribution in [3.05, 3.63) is 35.4 Å². The second kappa shape index (κ2) is 5.32. The molecule has 1 aliphatic rings. The molecule has 0 aromatic heterocycles. The van der Waals surface area contributed by atoms with Crippen LogP contribution in [-0.4, -0.2) is 18.5 Å². The largest absolute Gasteiger partial charge is 0.348 e. The summed E-state index contributed by atoms with van der Waals surface area (Å²) in [7, 11) is 0. The van der Waals surface area contributed by atoms with Crippen molar-refractivity contribution in [1.82, 2.24) is 10.6 Å². The van der Waals surface area contributed by atoms with Gasteiger partial charge in [-0.1, -0.05) is 29.8 Å². The molecular formula is C14H20N2O. The lowest BCUT2D eigenvalue weighted by molar-refractivity contribution is -0.123. The van der Waals surface area contributed by atoms with Crippen molar-refractivity contribution in [2.75, 3.05) is 6.54 Å². The topological polar surface area (TPSA) is 41.1 Å². The van der Waals surface area contributed by atoms with Gasteiger partial charge in [0.1, 0.15) is 0 Å². The summed E-state index contributed by atoms with van der Waals surface area (Å²) in [6.07, 6.45) is 2.05. The number of hydrogen-bond acceptors (Lipinski definition) is 2. The Morgan fingerprint density at radius 1 is 1.41 bits per heavy atom. The second-order valence-electron chi connectivity index (χ2n) is 4.79. The molecule has 1 unspecified atom stereocenters. The number of hydrogen-bond donors (Lipinski definition) is 2. The first kappa shape index (κ1) is 12.1. The highest BCUT2D eigenvalue weighted by Crippen LogP contribution is 2.14. The minimum Gasteiger partial charge on any atom is -0.348 e. The van der Waals surface area contributed by atoms with Crippen molar-refractivity contribution < 1.29 is 4.79 Å². The molecule has 0 saturated carbocycles. The molecule has 3 heteroatoms. The van der Waals surface area contributed by atoms with Crippen LogP contribution in [0.25, 0.3) is 0 Å². The van der Waals surface area contributed by atoms with Crippen molar-refractivity contribution in [2.24, 2.45) is 0 Å². The van der Waals surface area contributed by atoms with E-state index in [0.717, 1.165) is 24.9 Å². The molecule has 17 heavy (non-hydrogen) atoms. The highest BCUT2D eigenvalue weighted by molar-refractivity contribution is 5.82. The standard InChI is InChI=1S/C14H20N2O/c1-10-5-7-12(8-6-10)11(2)16-14(17)13-4-3-9-15-13/h5-8,11,13,15H,3-4,9H2,1-2H3,(H,16,17)/t11?,13-/m0/s1. The molecule has 2 rings (SSSR count). The molecule has 0 radical (unpaired) electrons. The van der Waals surface area contributed by atoms with Gasteiger partial charge in [0.25, 0.3) is 0 Å². The van der Waals surface area contributed by atoms with Crippen molar-refractivity contribution in [1.29, 1.82) is 0 Å². The Balaban J connectivity index is 1.93. The van der Waals surface area contributed by atoms with E-state index in [4.69, 9.17) is 0 Å². The molecule has 92 valence electrons. The van der Waals surface area contributed by atoms with Crippen LogP contribution in [0.1, 0.15) is 36.9 Å². The van der Waals surface area contributed by atoms with E-state index < -0.39 is 0 Å². The van der Waals surface area contributed by atoms with Gasteiger partial charge in [-0.15, -0.1) is 0 Å². The molecule has 3 nitrogen and oxygen atoms in total. The third kappa shape index (κ3) is 3.07. The molecule has 1 heterocycles. The fourth-order valence-electron chi connectivity index (χ4n) is 2.16. The van der Waals surface area contributed by atoms with Crippen LogP contribution in [0.2, 0.25) is 0 Å². The average Bonchev–Trinajstić information content (AvgIpc) is 2.83. The van der Waals surface area contributed by atoms with E-state index in [2.05, 4.69) is 41.8 Å². The Labute approximate surface area is 103 Å². The van der Waals surface area contributed by atoms with Gasteiger partial charge in [-0.2, -0.15) is 0 Å². The first-order chi connectivity index (χ1) is 8.16. The number of amides is 1. The summed E-state index contributed by atoms with van der Waals surface area (Å²) in [5.41, 5.74) is 2.40. The monoisotopic (exact) mass is 232 g/mol. The second-order valence-corrected chi connectivity index (χ2v) is 4.79. The van der Waals surface area contributed by atoms with Crippen molar-refractivity contribution in [2.45, 2.75) is 38.8 Å². The summed E-state index contributed by atoms with van der Waals surface area (Å²) < 4.78 is 0. The van der Waals surface area contributed by atoms with Gasteiger partial charge in [0.15, 0.2) is 0 Å². The third-order valence-electron chi connectivity index (χ3n) is 3.31. The van der Waals surface area contributed by atoms with Gasteiger partial charge in [-0.05, 0) is 38.8 Å². The summed E-state index contributed by atoms with van der Waals surface area (Å²) in [6.45, 7) is 5.05. The van der Waals surface area contributed by atoms with E-state index in [-0.39, 0.29) is 18.0 Å². The van der Waals surface area contributed by atoms with Crippen LogP contribution in [0, 0.1) is 6.92 Å². The predicted octanol–water partition coefficient (Wildman–Crippen LogP) is 1.92. The lowest BCUT2D eigenvalue weighted by Crippen LogP contribution is -2.41. The van der Waals surface area contributed by atoms with E-state index in [1.54, 1.807) is 0 Å². The molecule has 0 spiro atoms. The fourth-order valence-corrected chi connectivity index (χ4v) is 2.16. The number of benzene rings is 1. The Bertz CT molecular complexity index is 380. The minimum absolute atomic E-state index is 0.00268. The lowest BCUT2D eigenvalue weighted by atomic mass is 10.1. The minimum atomic E-state index is 0.00268. The Hall–Kier alpha value is -1.35. The van der Waals surface area contributed by atoms with Crippen LogP contribution in [0.5, 0.6) is 0 Å². The zero-order valence-corrected chi connectivity index (χ0v) is 10.5. The number of nitrogens with one attached hydrogen (secondary N) is 2. The van der Waals surface area contributed by atoms with E-state index in [9.17, 15) is 4.79 Å². The van der Waals surface area contributed by atoms with Gasteiger partial charge >= 0.3 is 0 Å². The number of rotatable bonds is 3. The summed E-state index contributed by atoms with van der Waals surface area (Å²) in [6, 6.07) is 8.37. The molecule has 2 N–H and O–H groups in total. The van der Waals surface area contributed by atoms with Crippen molar-refractivity contribution in [3.8, 4) is 0 Å². The van der Waals surface area contributed by atoms with E-state index in [1.807, 2.05) is 6.92 Å². The van der Waals surface area contributed by atoms with Gasteiger partial charge < -0.3 is 10.6 Å². The van der Waals surface area contributed by atoms with Gasteiger partial charge in [0, 0.05) is 0 Å². The van der Waals surface area contributed by atoms with E-state index in [1.165, 1.54) is 5.56 Å². The highest BCUT2D eigenvalue weighted by atomic mass is 16.2. The molecule has 1 aromatic rings. The SMILES string of the molecule is Cc1ccc(C(C)NC(=O)[C@@H]2CCCN2)cc1. The van der Waals surface area contributed by atoms with E-state index >= 15 is 0 Å². The number of aryl methyl sites for hydroxylation is 1. The zero-order chi connectivity index (χ0) is 12.3. The van der Waals surface area contributed by atoms with Crippen molar-refractivity contribution >= 4 is 5.91 Å². The molecular weight excluding hydrogens is 212 g/mol. The first-order valence-corrected chi connectivity index (χ1v) is 6.27. The Kier molecular flexibility index (Phi) is 3.79. The smallest absolute Gasteiger partial charge is 0.237 e. The molecule has 1 aromatic carbocycles. The molecule has 1 fully saturated rings. The van der Waals surface area contributed by atoms with Gasteiger partial charge in [0.2, 0.25) is 5.91 Å². The van der Waals surface area contributed by atoms with Gasteiger partial charge in [0.05, 0.1) is 12.1 Å². The maximum absolute atomic E-state index is 11.9. The van der Waals surface area contributed by atoms with Crippen LogP contribution in [0.15, 0.2) is 24.3 Å². The first-order valence-electron chi connectivity index (χ1n) is 6.27. The highest BCUT2D eigenvalue weighted by Gasteiger charge is 2.23. The molecule has 0 bridgehead atoms. The lowest BCUT2D eigenvalue weighted by Gasteiger charge is -2.17. The van der Waals surface area contributed by atoms with Crippen LogP contribution in [0.4, 0.5) is 0 Å². The summed E-state index contributed by atoms with van der Waals surface area (Å²) in [5, 5.41) is 6.27. The van der Waals surface area contributed by atoms with Gasteiger partial charge in [-0.3, -0.25) is 4.79 Å². The molecule has 1 saturated heterocycles. The molecule has 0 aliphatic carbocycles. The van der Waals surface area contributed by atoms with Crippen LogP contribution < -0.4 is 10.6 Å². The number of carbonyl (C=O) groups is 1. The summed E-state index contributed by atoms with van der Waals surface area (Å²) in [4.78, 5) is 11.9. The Morgan fingerprint density at radius 3 is 2.71 bits per heavy atom. The Morgan fingerprint density at radius 2 is 2.12 bits per heavy atom. The van der Waals surface area contributed by atoms with Crippen LogP contribution >= 0.6 is 0 Å². The van der Waals surface area contributed by atoms with Crippen LogP contribution in [-0.2, 0) is 4.79 Å². The van der Waals surface area contributed by atoms with Crippen molar-refractivity contribution in [3.63, 3.8) is 0 Å². The van der Waals surface area contributed by atoms with Crippen LogP contribution in [0.3, 0.4) is 0 Å². The molecule has 1 amide bonds. The van der Waals surface area contributed by atoms with E-state index in [0.29, 0.717) is 0 Å². The number of carbonyl (C=O) groups excluding carboxylic acids is 1. The van der Waals surface area contributed by atoms with Gasteiger partial charge in [-0.25, -0.2) is 0 Å². The predicted molar refractivity (Wildman–Crippen MR) is 68.8 cm³/mol. The zero-order valence-electron chi connectivity index (χ0n) is 10.5. The normalized spacial score (nSPS) is 21.2. The summed E-state index contributed by atoms with van der Waals surface area (Å²) in [5.74, 6) is 0.121. The average molecular weight is 232 g/mol. The molecule has 1 aliphatic heterocycles. The third-order valence-corrected chi connectivity index (χ3v) is 3.31. The maximum Gasteiger partial charge on any atom is 0.237 e. The quantitative estimate of drug-likeness (QED) is 0.836.